The number of nitrogens with zero attached hydrogens (tertiary/aromatic N) is 2. The fraction of sp³-hybridized carbons (Fsp3) is 0.778. The lowest BCUT2D eigenvalue weighted by molar-refractivity contribution is 0.373. The van der Waals surface area contributed by atoms with Crippen molar-refractivity contribution in [2.45, 2.75) is 31.6 Å². The highest BCUT2D eigenvalue weighted by atomic mass is 32.2. The van der Waals surface area contributed by atoms with Crippen molar-refractivity contribution >= 4 is 11.8 Å². The molecule has 0 aliphatic carbocycles. The van der Waals surface area contributed by atoms with Crippen LogP contribution in [0.1, 0.15) is 30.8 Å². The first-order chi connectivity index (χ1) is 6.67. The number of aromatic nitrogens is 2. The number of likely N-dealkylation sites (N-methyl/N-ethyl adjacent to an activating group) is 1. The third-order valence-corrected chi connectivity index (χ3v) is 3.08. The van der Waals surface area contributed by atoms with Crippen LogP contribution in [0.5, 0.6) is 0 Å². The predicted molar refractivity (Wildman–Crippen MR) is 58.5 cm³/mol. The molecule has 2 atom stereocenters. The van der Waals surface area contributed by atoms with E-state index < -0.39 is 0 Å². The summed E-state index contributed by atoms with van der Waals surface area (Å²) in [7, 11) is 1.93. The Kier molecular flexibility index (Phi) is 4.41. The van der Waals surface area contributed by atoms with Crippen LogP contribution in [0, 0.1) is 0 Å². The van der Waals surface area contributed by atoms with Crippen LogP contribution in [-0.4, -0.2) is 29.5 Å². The van der Waals surface area contributed by atoms with Gasteiger partial charge in [-0.1, -0.05) is 5.16 Å². The molecule has 0 saturated carbocycles. The van der Waals surface area contributed by atoms with Gasteiger partial charge in [-0.05, 0) is 27.2 Å². The summed E-state index contributed by atoms with van der Waals surface area (Å²) in [6.45, 7) is 4.15. The molecule has 80 valence electrons. The lowest BCUT2D eigenvalue weighted by Crippen LogP contribution is -2.24. The summed E-state index contributed by atoms with van der Waals surface area (Å²) in [4.78, 5) is 4.33. The zero-order valence-electron chi connectivity index (χ0n) is 9.07. The van der Waals surface area contributed by atoms with Gasteiger partial charge in [-0.25, -0.2) is 0 Å². The van der Waals surface area contributed by atoms with Crippen molar-refractivity contribution in [3.05, 3.63) is 11.7 Å². The summed E-state index contributed by atoms with van der Waals surface area (Å²) in [6.07, 6.45) is 2.84. The summed E-state index contributed by atoms with van der Waals surface area (Å²) in [5.74, 6) is 1.50. The van der Waals surface area contributed by atoms with E-state index in [9.17, 15) is 0 Å². The first-order valence-electron chi connectivity index (χ1n) is 4.70. The van der Waals surface area contributed by atoms with Gasteiger partial charge in [-0.15, -0.1) is 0 Å². The van der Waals surface area contributed by atoms with Crippen molar-refractivity contribution in [3.8, 4) is 0 Å². The normalized spacial score (nSPS) is 15.4. The molecule has 4 nitrogen and oxygen atoms in total. The highest BCUT2D eigenvalue weighted by molar-refractivity contribution is 7.98. The van der Waals surface area contributed by atoms with E-state index in [4.69, 9.17) is 4.52 Å². The van der Waals surface area contributed by atoms with Crippen LogP contribution in [0.4, 0.5) is 0 Å². The van der Waals surface area contributed by atoms with Crippen LogP contribution in [0.25, 0.3) is 0 Å². The van der Waals surface area contributed by atoms with E-state index in [1.165, 1.54) is 0 Å². The van der Waals surface area contributed by atoms with Gasteiger partial charge in [0.15, 0.2) is 5.82 Å². The minimum Gasteiger partial charge on any atom is -0.338 e. The molecule has 1 heterocycles. The zero-order valence-corrected chi connectivity index (χ0v) is 9.89. The second-order valence-corrected chi connectivity index (χ2v) is 4.50. The van der Waals surface area contributed by atoms with Crippen molar-refractivity contribution in [3.63, 3.8) is 0 Å². The van der Waals surface area contributed by atoms with Crippen molar-refractivity contribution < 1.29 is 4.52 Å². The Balaban J connectivity index is 2.59. The Labute approximate surface area is 88.8 Å². The van der Waals surface area contributed by atoms with Gasteiger partial charge in [-0.2, -0.15) is 16.7 Å². The first-order valence-corrected chi connectivity index (χ1v) is 5.98. The van der Waals surface area contributed by atoms with E-state index in [-0.39, 0.29) is 5.25 Å². The summed E-state index contributed by atoms with van der Waals surface area (Å²) < 4.78 is 5.15. The second-order valence-electron chi connectivity index (χ2n) is 3.32. The molecule has 1 N–H and O–H groups in total. The van der Waals surface area contributed by atoms with Crippen molar-refractivity contribution in [2.24, 2.45) is 0 Å². The third-order valence-electron chi connectivity index (χ3n) is 2.17. The van der Waals surface area contributed by atoms with E-state index in [0.717, 1.165) is 18.1 Å². The second kappa shape index (κ2) is 5.36. The van der Waals surface area contributed by atoms with Gasteiger partial charge in [0.25, 0.3) is 0 Å². The lowest BCUT2D eigenvalue weighted by atomic mass is 10.2. The molecule has 0 fully saturated rings. The molecule has 0 saturated heterocycles. The standard InChI is InChI=1S/C9H17N3OS/c1-6(10-3)5-8-11-9(13-12-8)7(2)14-4/h6-7,10H,5H2,1-4H3. The van der Waals surface area contributed by atoms with Crippen molar-refractivity contribution in [1.29, 1.82) is 0 Å². The molecule has 0 aliphatic rings. The number of rotatable bonds is 5. The van der Waals surface area contributed by atoms with Crippen LogP contribution in [0.3, 0.4) is 0 Å². The quantitative estimate of drug-likeness (QED) is 0.809. The molecule has 0 radical (unpaired) electrons. The Morgan fingerprint density at radius 2 is 2.21 bits per heavy atom. The number of nitrogens with one attached hydrogen (secondary N) is 1. The predicted octanol–water partition coefficient (Wildman–Crippen LogP) is 1.64. The van der Waals surface area contributed by atoms with Crippen LogP contribution in [0.15, 0.2) is 4.52 Å². The van der Waals surface area contributed by atoms with E-state index in [0.29, 0.717) is 6.04 Å². The number of thioether (sulfide) groups is 1. The van der Waals surface area contributed by atoms with Gasteiger partial charge in [0.2, 0.25) is 5.89 Å². The number of hydrogen-bond donors (Lipinski definition) is 1. The maximum Gasteiger partial charge on any atom is 0.239 e. The zero-order chi connectivity index (χ0) is 10.6. The molecule has 0 aromatic carbocycles. The SMILES string of the molecule is CNC(C)Cc1noc(C(C)SC)n1. The molecule has 1 aromatic heterocycles. The van der Waals surface area contributed by atoms with Gasteiger partial charge in [0.05, 0.1) is 5.25 Å². The fourth-order valence-corrected chi connectivity index (χ4v) is 1.29. The average molecular weight is 215 g/mol. The van der Waals surface area contributed by atoms with Crippen LogP contribution in [-0.2, 0) is 6.42 Å². The lowest BCUT2D eigenvalue weighted by Gasteiger charge is -2.04. The molecular formula is C9H17N3OS. The van der Waals surface area contributed by atoms with E-state index in [1.54, 1.807) is 11.8 Å². The molecule has 5 heteroatoms. The van der Waals surface area contributed by atoms with Gasteiger partial charge in [-0.3, -0.25) is 0 Å². The van der Waals surface area contributed by atoms with Crippen molar-refractivity contribution in [2.75, 3.05) is 13.3 Å². The molecule has 1 aromatic rings. The average Bonchev–Trinajstić information content (AvgIpc) is 2.65. The fourth-order valence-electron chi connectivity index (χ4n) is 0.992. The van der Waals surface area contributed by atoms with E-state index in [1.807, 2.05) is 13.3 Å². The Bertz CT molecular complexity index is 277. The summed E-state index contributed by atoms with van der Waals surface area (Å²) in [6, 6.07) is 0.380. The smallest absolute Gasteiger partial charge is 0.239 e. The molecule has 0 aliphatic heterocycles. The van der Waals surface area contributed by atoms with Crippen molar-refractivity contribution in [1.82, 2.24) is 15.5 Å². The Morgan fingerprint density at radius 1 is 1.50 bits per heavy atom. The molecule has 14 heavy (non-hydrogen) atoms. The molecule has 1 rings (SSSR count). The molecule has 0 bridgehead atoms. The maximum atomic E-state index is 5.15. The van der Waals surface area contributed by atoms with Gasteiger partial charge in [0, 0.05) is 12.5 Å². The van der Waals surface area contributed by atoms with Gasteiger partial charge >= 0.3 is 0 Å². The molecule has 2 unspecified atom stereocenters. The van der Waals surface area contributed by atoms with E-state index in [2.05, 4.69) is 29.3 Å². The summed E-state index contributed by atoms with van der Waals surface area (Å²) in [5.41, 5.74) is 0. The van der Waals surface area contributed by atoms with Crippen LogP contribution >= 0.6 is 11.8 Å². The molecular weight excluding hydrogens is 198 g/mol. The molecule has 0 amide bonds. The number of hydrogen-bond acceptors (Lipinski definition) is 5. The Hall–Kier alpha value is -0.550. The monoisotopic (exact) mass is 215 g/mol. The largest absolute Gasteiger partial charge is 0.338 e. The highest BCUT2D eigenvalue weighted by Gasteiger charge is 2.13. The highest BCUT2D eigenvalue weighted by Crippen LogP contribution is 2.23. The third kappa shape index (κ3) is 2.99. The van der Waals surface area contributed by atoms with Gasteiger partial charge < -0.3 is 9.84 Å². The maximum absolute atomic E-state index is 5.15. The summed E-state index contributed by atoms with van der Waals surface area (Å²) >= 11 is 1.70. The molecule has 0 spiro atoms. The first kappa shape index (κ1) is 11.5. The Morgan fingerprint density at radius 3 is 2.79 bits per heavy atom. The van der Waals surface area contributed by atoms with Crippen LogP contribution < -0.4 is 5.32 Å². The topological polar surface area (TPSA) is 51.0 Å². The van der Waals surface area contributed by atoms with E-state index >= 15 is 0 Å². The minimum absolute atomic E-state index is 0.279. The minimum atomic E-state index is 0.279. The van der Waals surface area contributed by atoms with Gasteiger partial charge in [0.1, 0.15) is 0 Å². The van der Waals surface area contributed by atoms with Crippen LogP contribution in [0.2, 0.25) is 0 Å². The summed E-state index contributed by atoms with van der Waals surface area (Å²) in [5, 5.41) is 7.35.